The molecule has 0 amide bonds. The first kappa shape index (κ1) is 21.1. The molecule has 0 saturated heterocycles. The van der Waals surface area contributed by atoms with Gasteiger partial charge in [-0.25, -0.2) is 9.67 Å². The summed E-state index contributed by atoms with van der Waals surface area (Å²) in [6.45, 7) is 0.350. The largest absolute Gasteiger partial charge is 0.377 e. The average Bonchev–Trinajstić information content (AvgIpc) is 3.58. The zero-order chi connectivity index (χ0) is 23.1. The van der Waals surface area contributed by atoms with Crippen molar-refractivity contribution in [3.63, 3.8) is 0 Å². The van der Waals surface area contributed by atoms with Crippen LogP contribution in [0.15, 0.2) is 51.9 Å². The molecule has 1 fully saturated rings. The summed E-state index contributed by atoms with van der Waals surface area (Å²) >= 11 is 3.55. The highest BCUT2D eigenvalue weighted by Gasteiger charge is 2.30. The maximum Gasteiger partial charge on any atom is 0.229 e. The maximum absolute atomic E-state index is 5.43. The lowest BCUT2D eigenvalue weighted by Crippen LogP contribution is -2.17. The molecule has 0 aliphatic heterocycles. The van der Waals surface area contributed by atoms with Crippen LogP contribution in [0.5, 0.6) is 0 Å². The molecule has 0 unspecified atom stereocenters. The second-order valence-electron chi connectivity index (χ2n) is 8.35. The lowest BCUT2D eigenvalue weighted by molar-refractivity contribution is 0.174. The SMILES string of the molecule is COCc1noc([C@@H]2CC[C@@H](Nc3ncc4c(Br)nn(-c5ccc6ncccc6c5)c4n3)C2)n1. The molecule has 34 heavy (non-hydrogen) atoms. The van der Waals surface area contributed by atoms with Gasteiger partial charge in [0.2, 0.25) is 11.8 Å². The number of ether oxygens (including phenoxy) is 1. The van der Waals surface area contributed by atoms with Gasteiger partial charge in [0, 0.05) is 36.8 Å². The van der Waals surface area contributed by atoms with Gasteiger partial charge in [-0.2, -0.15) is 15.1 Å². The zero-order valence-corrected chi connectivity index (χ0v) is 19.9. The molecule has 5 aromatic rings. The van der Waals surface area contributed by atoms with Gasteiger partial charge in [0.25, 0.3) is 0 Å². The van der Waals surface area contributed by atoms with Crippen molar-refractivity contribution >= 4 is 43.8 Å². The molecule has 0 radical (unpaired) electrons. The monoisotopic (exact) mass is 520 g/mol. The predicted octanol–water partition coefficient (Wildman–Crippen LogP) is 4.40. The summed E-state index contributed by atoms with van der Waals surface area (Å²) in [5, 5.41) is 14.0. The molecule has 1 saturated carbocycles. The number of methoxy groups -OCH3 is 1. The van der Waals surface area contributed by atoms with Crippen LogP contribution in [-0.4, -0.2) is 48.0 Å². The van der Waals surface area contributed by atoms with Gasteiger partial charge in [-0.15, -0.1) is 0 Å². The van der Waals surface area contributed by atoms with Crippen LogP contribution >= 0.6 is 15.9 Å². The third-order valence-corrected chi connectivity index (χ3v) is 6.67. The quantitative estimate of drug-likeness (QED) is 0.347. The van der Waals surface area contributed by atoms with Crippen LogP contribution in [0.25, 0.3) is 27.6 Å². The van der Waals surface area contributed by atoms with E-state index in [1.807, 2.05) is 28.9 Å². The predicted molar refractivity (Wildman–Crippen MR) is 129 cm³/mol. The number of aromatic nitrogens is 7. The van der Waals surface area contributed by atoms with Gasteiger partial charge < -0.3 is 14.6 Å². The van der Waals surface area contributed by atoms with Gasteiger partial charge in [-0.3, -0.25) is 4.98 Å². The molecule has 4 aromatic heterocycles. The number of hydrogen-bond acceptors (Lipinski definition) is 9. The van der Waals surface area contributed by atoms with E-state index in [0.717, 1.165) is 46.9 Å². The van der Waals surface area contributed by atoms with Crippen LogP contribution in [0.3, 0.4) is 0 Å². The smallest absolute Gasteiger partial charge is 0.229 e. The Morgan fingerprint density at radius 1 is 1.21 bits per heavy atom. The Morgan fingerprint density at radius 2 is 2.15 bits per heavy atom. The number of nitrogens with one attached hydrogen (secondary N) is 1. The molecule has 1 aliphatic rings. The van der Waals surface area contributed by atoms with Gasteiger partial charge in [0.05, 0.1) is 16.6 Å². The van der Waals surface area contributed by atoms with Crippen molar-refractivity contribution in [3.8, 4) is 5.69 Å². The summed E-state index contributed by atoms with van der Waals surface area (Å²) in [4.78, 5) is 18.2. The van der Waals surface area contributed by atoms with E-state index in [9.17, 15) is 0 Å². The molecule has 0 spiro atoms. The third kappa shape index (κ3) is 3.90. The molecule has 6 rings (SSSR count). The first-order valence-electron chi connectivity index (χ1n) is 11.0. The number of nitrogens with zero attached hydrogens (tertiary/aromatic N) is 7. The summed E-state index contributed by atoms with van der Waals surface area (Å²) in [6.07, 6.45) is 6.38. The first-order valence-corrected chi connectivity index (χ1v) is 11.8. The fourth-order valence-electron chi connectivity index (χ4n) is 4.45. The molecule has 2 atom stereocenters. The van der Waals surface area contributed by atoms with E-state index in [4.69, 9.17) is 14.2 Å². The van der Waals surface area contributed by atoms with E-state index in [1.165, 1.54) is 0 Å². The number of rotatable bonds is 6. The van der Waals surface area contributed by atoms with Crippen LogP contribution in [0.1, 0.15) is 36.9 Å². The number of halogens is 1. The van der Waals surface area contributed by atoms with E-state index < -0.39 is 0 Å². The highest BCUT2D eigenvalue weighted by molar-refractivity contribution is 9.10. The van der Waals surface area contributed by atoms with Crippen molar-refractivity contribution in [3.05, 3.63) is 59.0 Å². The van der Waals surface area contributed by atoms with E-state index in [0.29, 0.717) is 28.9 Å². The minimum absolute atomic E-state index is 0.213. The molecule has 172 valence electrons. The fourth-order valence-corrected chi connectivity index (χ4v) is 4.89. The Balaban J connectivity index is 1.25. The number of pyridine rings is 1. The molecule has 4 heterocycles. The lowest BCUT2D eigenvalue weighted by atomic mass is 10.1. The second kappa shape index (κ2) is 8.73. The van der Waals surface area contributed by atoms with Crippen molar-refractivity contribution in [1.82, 2.24) is 34.9 Å². The summed E-state index contributed by atoms with van der Waals surface area (Å²) in [5.74, 6) is 2.02. The molecular formula is C23H21BrN8O2. The Bertz CT molecular complexity index is 1480. The first-order chi connectivity index (χ1) is 16.7. The Labute approximate surface area is 202 Å². The van der Waals surface area contributed by atoms with Gasteiger partial charge in [-0.1, -0.05) is 11.2 Å². The molecule has 1 aliphatic carbocycles. The Hall–Kier alpha value is -3.44. The maximum atomic E-state index is 5.43. The lowest BCUT2D eigenvalue weighted by Gasteiger charge is -2.12. The summed E-state index contributed by atoms with van der Waals surface area (Å²) in [6, 6.07) is 10.2. The topological polar surface area (TPSA) is 117 Å². The fraction of sp³-hybridized carbons (Fsp3) is 0.304. The molecule has 0 bridgehead atoms. The summed E-state index contributed by atoms with van der Waals surface area (Å²) in [7, 11) is 1.62. The minimum atomic E-state index is 0.213. The highest BCUT2D eigenvalue weighted by Crippen LogP contribution is 2.35. The summed E-state index contributed by atoms with van der Waals surface area (Å²) < 4.78 is 13.0. The van der Waals surface area contributed by atoms with Gasteiger partial charge in [-0.05, 0) is 59.5 Å². The van der Waals surface area contributed by atoms with E-state index >= 15 is 0 Å². The van der Waals surface area contributed by atoms with Gasteiger partial charge in [0.15, 0.2) is 11.5 Å². The summed E-state index contributed by atoms with van der Waals surface area (Å²) in [5.41, 5.74) is 2.57. The number of benzene rings is 1. The number of fused-ring (bicyclic) bond motifs is 2. The highest BCUT2D eigenvalue weighted by atomic mass is 79.9. The Kier molecular flexibility index (Phi) is 5.42. The second-order valence-corrected chi connectivity index (χ2v) is 9.10. The van der Waals surface area contributed by atoms with Crippen LogP contribution in [0, 0.1) is 0 Å². The van der Waals surface area contributed by atoms with Crippen molar-refractivity contribution in [2.75, 3.05) is 12.4 Å². The van der Waals surface area contributed by atoms with Crippen molar-refractivity contribution < 1.29 is 9.26 Å². The average molecular weight is 521 g/mol. The molecular weight excluding hydrogens is 500 g/mol. The van der Waals surface area contributed by atoms with Crippen LogP contribution in [0.4, 0.5) is 5.95 Å². The standard InChI is InChI=1S/C23H21BrN8O2/c1-33-12-19-28-22(34-31-19)14-4-5-15(9-14)27-23-26-11-17-20(24)30-32(21(17)29-23)16-6-7-18-13(10-16)3-2-8-25-18/h2-3,6-8,10-11,14-15H,4-5,9,12H2,1H3,(H,26,27,29)/t14-,15-/m1/s1. The minimum Gasteiger partial charge on any atom is -0.377 e. The van der Waals surface area contributed by atoms with E-state index in [2.05, 4.69) is 52.5 Å². The molecule has 11 heteroatoms. The van der Waals surface area contributed by atoms with Crippen molar-refractivity contribution in [2.24, 2.45) is 0 Å². The van der Waals surface area contributed by atoms with Crippen molar-refractivity contribution in [2.45, 2.75) is 37.8 Å². The van der Waals surface area contributed by atoms with E-state index in [1.54, 1.807) is 19.5 Å². The number of hydrogen-bond donors (Lipinski definition) is 1. The molecule has 1 aromatic carbocycles. The van der Waals surface area contributed by atoms with Gasteiger partial charge in [0.1, 0.15) is 11.2 Å². The van der Waals surface area contributed by atoms with Crippen LogP contribution in [0.2, 0.25) is 0 Å². The van der Waals surface area contributed by atoms with E-state index in [-0.39, 0.29) is 12.0 Å². The number of anilines is 1. The third-order valence-electron chi connectivity index (χ3n) is 6.08. The Morgan fingerprint density at radius 3 is 3.06 bits per heavy atom. The van der Waals surface area contributed by atoms with Crippen LogP contribution < -0.4 is 5.32 Å². The zero-order valence-electron chi connectivity index (χ0n) is 18.3. The van der Waals surface area contributed by atoms with Crippen molar-refractivity contribution in [1.29, 1.82) is 0 Å². The van der Waals surface area contributed by atoms with Gasteiger partial charge >= 0.3 is 0 Å². The van der Waals surface area contributed by atoms with Crippen LogP contribution in [-0.2, 0) is 11.3 Å². The molecule has 1 N–H and O–H groups in total. The normalized spacial score (nSPS) is 18.2. The molecule has 10 nitrogen and oxygen atoms in total.